The monoisotopic (exact) mass is 431 g/mol. The molecule has 4 aromatic carbocycles. The van der Waals surface area contributed by atoms with Gasteiger partial charge in [-0.1, -0.05) is 60.5 Å². The molecule has 1 unspecified atom stereocenters. The molecule has 1 aliphatic heterocycles. The molecule has 0 fully saturated rings. The number of ether oxygens (including phenoxy) is 1. The first-order valence-electron chi connectivity index (χ1n) is 10.5. The van der Waals surface area contributed by atoms with E-state index >= 15 is 0 Å². The third kappa shape index (κ3) is 3.61. The summed E-state index contributed by atoms with van der Waals surface area (Å²) in [7, 11) is 0. The number of amides is 1. The Morgan fingerprint density at radius 3 is 2.55 bits per heavy atom. The highest BCUT2D eigenvalue weighted by molar-refractivity contribution is 7.96. The van der Waals surface area contributed by atoms with Gasteiger partial charge in [-0.15, -0.1) is 0 Å². The summed E-state index contributed by atoms with van der Waals surface area (Å²) in [6, 6.07) is 19.2. The molecule has 0 bridgehead atoms. The molecule has 0 radical (unpaired) electrons. The second kappa shape index (κ2) is 8.19. The van der Waals surface area contributed by atoms with Crippen LogP contribution in [-0.2, 0) is 11.3 Å². The fourth-order valence-electron chi connectivity index (χ4n) is 4.47. The molecule has 1 N–H and O–H groups in total. The molecule has 6 heteroatoms. The van der Waals surface area contributed by atoms with Crippen LogP contribution >= 0.6 is 11.9 Å². The number of hydrogen-bond acceptors (Lipinski definition) is 5. The van der Waals surface area contributed by atoms with E-state index in [0.717, 1.165) is 5.56 Å². The maximum atomic E-state index is 12.3. The Balaban J connectivity index is 1.28. The van der Waals surface area contributed by atoms with Crippen LogP contribution in [-0.4, -0.2) is 40.9 Å². The van der Waals surface area contributed by atoms with E-state index in [-0.39, 0.29) is 12.3 Å². The minimum atomic E-state index is -0.386. The molecule has 1 aliphatic rings. The summed E-state index contributed by atoms with van der Waals surface area (Å²) in [6.07, 6.45) is 6.01. The summed E-state index contributed by atoms with van der Waals surface area (Å²) in [5, 5.41) is 10.3. The first-order valence-corrected chi connectivity index (χ1v) is 11.7. The topological polar surface area (TPSA) is 44.8 Å². The van der Waals surface area contributed by atoms with Gasteiger partial charge in [0.2, 0.25) is 0 Å². The van der Waals surface area contributed by atoms with Crippen molar-refractivity contribution in [3.63, 3.8) is 0 Å². The number of nitrogens with one attached hydrogen (secondary N) is 1. The van der Waals surface area contributed by atoms with Gasteiger partial charge in [-0.25, -0.2) is 4.79 Å². The molecule has 5 nitrogen and oxygen atoms in total. The lowest BCUT2D eigenvalue weighted by Gasteiger charge is -2.27. The summed E-state index contributed by atoms with van der Waals surface area (Å²) in [5.41, 5.74) is 1.10. The maximum absolute atomic E-state index is 12.3. The van der Waals surface area contributed by atoms with E-state index in [2.05, 4.69) is 76.0 Å². The van der Waals surface area contributed by atoms with E-state index in [1.165, 1.54) is 32.3 Å². The fourth-order valence-corrected chi connectivity index (χ4v) is 5.07. The number of carbonyl (C=O) groups excluding carboxylic acids is 1. The summed E-state index contributed by atoms with van der Waals surface area (Å²) in [5.74, 6) is 0. The van der Waals surface area contributed by atoms with Crippen molar-refractivity contribution in [3.8, 4) is 0 Å². The summed E-state index contributed by atoms with van der Waals surface area (Å²) in [6.45, 7) is 3.58. The highest BCUT2D eigenvalue weighted by Gasteiger charge is 2.21. The minimum absolute atomic E-state index is 0.261. The Morgan fingerprint density at radius 1 is 1.03 bits per heavy atom. The smallest absolute Gasteiger partial charge is 0.407 e. The third-order valence-electron chi connectivity index (χ3n) is 6.06. The Morgan fingerprint density at radius 2 is 1.77 bits per heavy atom. The van der Waals surface area contributed by atoms with E-state index in [0.29, 0.717) is 19.7 Å². The van der Waals surface area contributed by atoms with E-state index < -0.39 is 0 Å². The number of alkyl carbamates (subject to hydrolysis) is 1. The quantitative estimate of drug-likeness (QED) is 0.322. The van der Waals surface area contributed by atoms with Gasteiger partial charge in [-0.05, 0) is 50.9 Å². The predicted octanol–water partition coefficient (Wildman–Crippen LogP) is 5.52. The predicted molar refractivity (Wildman–Crippen MR) is 129 cm³/mol. The highest BCUT2D eigenvalue weighted by Crippen LogP contribution is 2.36. The van der Waals surface area contributed by atoms with E-state index in [1.807, 2.05) is 18.7 Å². The average Bonchev–Trinajstić information content (AvgIpc) is 3.15. The fraction of sp³-hybridized carbons (Fsp3) is 0.240. The lowest BCUT2D eigenvalue weighted by molar-refractivity contribution is 0.125. The molecular weight excluding hydrogens is 406 g/mol. The van der Waals surface area contributed by atoms with Gasteiger partial charge >= 0.3 is 6.09 Å². The molecule has 158 valence electrons. The first kappa shape index (κ1) is 19.8. The van der Waals surface area contributed by atoms with Crippen LogP contribution in [0.3, 0.4) is 0 Å². The Hall–Kier alpha value is -3.12. The van der Waals surface area contributed by atoms with Crippen molar-refractivity contribution in [1.29, 1.82) is 0 Å². The van der Waals surface area contributed by atoms with E-state index in [9.17, 15) is 4.79 Å². The van der Waals surface area contributed by atoms with Gasteiger partial charge in [0.15, 0.2) is 0 Å². The molecule has 31 heavy (non-hydrogen) atoms. The van der Waals surface area contributed by atoms with Crippen molar-refractivity contribution in [2.24, 2.45) is 0 Å². The second-order valence-electron chi connectivity index (χ2n) is 7.78. The highest BCUT2D eigenvalue weighted by atomic mass is 32.2. The molecule has 4 aromatic rings. The lowest BCUT2D eigenvalue weighted by atomic mass is 9.91. The molecule has 1 atom stereocenters. The largest absolute Gasteiger partial charge is 0.448 e. The number of benzene rings is 4. The maximum Gasteiger partial charge on any atom is 0.407 e. The molecule has 1 amide bonds. The number of nitrogens with zero attached hydrogens (tertiary/aromatic N) is 2. The normalized spacial score (nSPS) is 16.1. The van der Waals surface area contributed by atoms with Crippen molar-refractivity contribution in [1.82, 2.24) is 14.5 Å². The molecule has 0 aliphatic carbocycles. The zero-order valence-electron chi connectivity index (χ0n) is 17.7. The Bertz CT molecular complexity index is 1270. The number of carbonyl (C=O) groups is 1. The molecular formula is C25H25N3O2S. The molecule has 0 aromatic heterocycles. The van der Waals surface area contributed by atoms with Crippen molar-refractivity contribution in [2.75, 3.05) is 19.4 Å². The van der Waals surface area contributed by atoms with Crippen molar-refractivity contribution in [3.05, 3.63) is 72.6 Å². The van der Waals surface area contributed by atoms with Crippen molar-refractivity contribution < 1.29 is 9.53 Å². The SMILES string of the molecule is CSN1C=CN(CCOC(=O)NCc2cc3cccc4ccc5cccc2c5c43)C1C. The summed E-state index contributed by atoms with van der Waals surface area (Å²) < 4.78 is 7.60. The van der Waals surface area contributed by atoms with Gasteiger partial charge in [0.05, 0.1) is 6.54 Å². The molecule has 0 saturated carbocycles. The van der Waals surface area contributed by atoms with Crippen LogP contribution in [0.2, 0.25) is 0 Å². The van der Waals surface area contributed by atoms with Crippen LogP contribution in [0, 0.1) is 0 Å². The van der Waals surface area contributed by atoms with Crippen molar-refractivity contribution >= 4 is 50.4 Å². The van der Waals surface area contributed by atoms with Gasteiger partial charge in [-0.2, -0.15) is 0 Å². The van der Waals surface area contributed by atoms with Crippen LogP contribution in [0.1, 0.15) is 12.5 Å². The summed E-state index contributed by atoms with van der Waals surface area (Å²) >= 11 is 1.68. The summed E-state index contributed by atoms with van der Waals surface area (Å²) in [4.78, 5) is 14.5. The van der Waals surface area contributed by atoms with Crippen LogP contribution < -0.4 is 5.32 Å². The first-order chi connectivity index (χ1) is 15.2. The Labute approximate surface area is 186 Å². The molecule has 5 rings (SSSR count). The lowest BCUT2D eigenvalue weighted by Crippen LogP contribution is -2.35. The van der Waals surface area contributed by atoms with Gasteiger partial charge in [0.25, 0.3) is 0 Å². The van der Waals surface area contributed by atoms with Gasteiger partial charge < -0.3 is 19.3 Å². The molecule has 0 spiro atoms. The van der Waals surface area contributed by atoms with E-state index in [1.54, 1.807) is 11.9 Å². The third-order valence-corrected chi connectivity index (χ3v) is 6.91. The standard InChI is InChI=1S/C25H25N3O2S/c1-17-27(11-12-28(17)31-2)13-14-30-25(29)26-16-21-15-20-7-3-5-18-9-10-19-6-4-8-22(21)24(19)23(18)20/h3-12,15,17H,13-14,16H2,1-2H3,(H,26,29). The van der Waals surface area contributed by atoms with Crippen LogP contribution in [0.5, 0.6) is 0 Å². The Kier molecular flexibility index (Phi) is 5.24. The zero-order chi connectivity index (χ0) is 21.4. The van der Waals surface area contributed by atoms with Crippen molar-refractivity contribution in [2.45, 2.75) is 19.6 Å². The molecule has 0 saturated heterocycles. The van der Waals surface area contributed by atoms with Crippen LogP contribution in [0.15, 0.2) is 67.0 Å². The van der Waals surface area contributed by atoms with Gasteiger partial charge in [0.1, 0.15) is 12.8 Å². The van der Waals surface area contributed by atoms with E-state index in [4.69, 9.17) is 4.74 Å². The second-order valence-corrected chi connectivity index (χ2v) is 8.57. The van der Waals surface area contributed by atoms with Crippen LogP contribution in [0.25, 0.3) is 32.3 Å². The van der Waals surface area contributed by atoms with Crippen LogP contribution in [0.4, 0.5) is 4.79 Å². The zero-order valence-corrected chi connectivity index (χ0v) is 18.5. The number of rotatable bonds is 6. The average molecular weight is 432 g/mol. The number of hydrogen-bond donors (Lipinski definition) is 1. The molecule has 1 heterocycles. The van der Waals surface area contributed by atoms with Gasteiger partial charge in [-0.3, -0.25) is 0 Å². The van der Waals surface area contributed by atoms with Gasteiger partial charge in [0, 0.05) is 25.2 Å². The minimum Gasteiger partial charge on any atom is -0.448 e.